The van der Waals surface area contributed by atoms with Gasteiger partial charge in [0.15, 0.2) is 0 Å². The molecule has 0 aromatic heterocycles. The molecule has 0 unspecified atom stereocenters. The van der Waals surface area contributed by atoms with Gasteiger partial charge in [0.2, 0.25) is 0 Å². The fourth-order valence-electron chi connectivity index (χ4n) is 3.04. The molecule has 0 heterocycles. The summed E-state index contributed by atoms with van der Waals surface area (Å²) in [7, 11) is -1.96. The van der Waals surface area contributed by atoms with Crippen LogP contribution < -0.4 is 15.9 Å². The minimum absolute atomic E-state index is 1.08. The summed E-state index contributed by atoms with van der Waals surface area (Å²) in [5.74, 6) is 0. The second kappa shape index (κ2) is 6.77. The first-order valence-electron chi connectivity index (χ1n) is 7.68. The van der Waals surface area contributed by atoms with E-state index in [9.17, 15) is 0 Å². The lowest BCUT2D eigenvalue weighted by molar-refractivity contribution is 1.71. The van der Waals surface area contributed by atoms with E-state index in [4.69, 9.17) is 0 Å². The first-order valence-corrected chi connectivity index (χ1v) is 9.47. The summed E-state index contributed by atoms with van der Waals surface area (Å²) in [6.07, 6.45) is 1.92. The van der Waals surface area contributed by atoms with Gasteiger partial charge in [0, 0.05) is 0 Å². The van der Waals surface area contributed by atoms with Crippen LogP contribution in [0.4, 0.5) is 0 Å². The van der Waals surface area contributed by atoms with Crippen molar-refractivity contribution in [2.45, 2.75) is 0 Å². The Morgan fingerprint density at radius 3 is 1.17 bits per heavy atom. The highest BCUT2D eigenvalue weighted by Crippen LogP contribution is 2.61. The summed E-state index contributed by atoms with van der Waals surface area (Å²) in [6.45, 7) is 8.44. The Morgan fingerprint density at radius 2 is 0.913 bits per heavy atom. The Hall–Kier alpha value is -2.43. The standard InChI is InChI=1S/C22H20P/c1-3-19(2)23(20-13-7-4-8-14-20,21-15-9-5-10-16-21)22-17-11-6-12-18-22/h3-18H,1-2H2/q+1. The Balaban J connectivity index is 2.40. The molecule has 0 saturated carbocycles. The van der Waals surface area contributed by atoms with Gasteiger partial charge in [-0.25, -0.2) is 0 Å². The van der Waals surface area contributed by atoms with Crippen LogP contribution in [0.3, 0.4) is 0 Å². The Bertz CT molecular complexity index is 692. The van der Waals surface area contributed by atoms with Crippen molar-refractivity contribution in [3.05, 3.63) is 116 Å². The molecule has 0 bridgehead atoms. The van der Waals surface area contributed by atoms with Crippen LogP contribution in [-0.2, 0) is 0 Å². The lowest BCUT2D eigenvalue weighted by Crippen LogP contribution is -2.31. The number of benzene rings is 3. The molecule has 0 amide bonds. The third kappa shape index (κ3) is 2.67. The van der Waals surface area contributed by atoms with Gasteiger partial charge in [-0.15, -0.1) is 0 Å². The molecule has 0 nitrogen and oxygen atoms in total. The van der Waals surface area contributed by atoms with Gasteiger partial charge >= 0.3 is 0 Å². The average Bonchev–Trinajstić information content (AvgIpc) is 2.65. The number of hydrogen-bond acceptors (Lipinski definition) is 0. The van der Waals surface area contributed by atoms with Crippen LogP contribution in [0, 0.1) is 0 Å². The third-order valence-electron chi connectivity index (χ3n) is 4.10. The van der Waals surface area contributed by atoms with Crippen molar-refractivity contribution in [3.8, 4) is 0 Å². The highest BCUT2D eigenvalue weighted by molar-refractivity contribution is 7.99. The lowest BCUT2D eigenvalue weighted by atomic mass is 10.4. The summed E-state index contributed by atoms with van der Waals surface area (Å²) in [4.78, 5) is 0. The minimum Gasteiger partial charge on any atom is -0.0951 e. The molecule has 0 aliphatic carbocycles. The van der Waals surface area contributed by atoms with E-state index < -0.39 is 7.26 Å². The summed E-state index contributed by atoms with van der Waals surface area (Å²) < 4.78 is 0. The SMILES string of the molecule is C=CC(=C)[P+](c1ccccc1)(c1ccccc1)c1ccccc1. The molecule has 1 heteroatoms. The molecule has 112 valence electrons. The van der Waals surface area contributed by atoms with E-state index in [-0.39, 0.29) is 0 Å². The quantitative estimate of drug-likeness (QED) is 0.474. The molecule has 0 spiro atoms. The molecule has 0 atom stereocenters. The molecule has 0 aliphatic rings. The highest BCUT2D eigenvalue weighted by atomic mass is 31.2. The van der Waals surface area contributed by atoms with Gasteiger partial charge in [0.25, 0.3) is 0 Å². The summed E-state index contributed by atoms with van der Waals surface area (Å²) >= 11 is 0. The Labute approximate surface area is 139 Å². The van der Waals surface area contributed by atoms with Crippen molar-refractivity contribution in [1.82, 2.24) is 0 Å². The Morgan fingerprint density at radius 1 is 0.609 bits per heavy atom. The number of hydrogen-bond donors (Lipinski definition) is 0. The van der Waals surface area contributed by atoms with Crippen molar-refractivity contribution in [2.24, 2.45) is 0 Å². The van der Waals surface area contributed by atoms with Crippen LogP contribution in [0.5, 0.6) is 0 Å². The highest BCUT2D eigenvalue weighted by Gasteiger charge is 2.47. The van der Waals surface area contributed by atoms with Crippen LogP contribution in [0.15, 0.2) is 116 Å². The molecule has 0 saturated heterocycles. The van der Waals surface area contributed by atoms with Gasteiger partial charge in [0.05, 0.1) is 0 Å². The second-order valence-electron chi connectivity index (χ2n) is 5.37. The van der Waals surface area contributed by atoms with E-state index in [1.54, 1.807) is 0 Å². The van der Waals surface area contributed by atoms with Crippen LogP contribution in [0.2, 0.25) is 0 Å². The van der Waals surface area contributed by atoms with Crippen molar-refractivity contribution >= 4 is 23.2 Å². The third-order valence-corrected chi connectivity index (χ3v) is 8.36. The molecule has 0 radical (unpaired) electrons. The van der Waals surface area contributed by atoms with E-state index in [0.29, 0.717) is 0 Å². The summed E-state index contributed by atoms with van der Waals surface area (Å²) in [5.41, 5.74) is 0. The molecular weight excluding hydrogens is 295 g/mol. The fraction of sp³-hybridized carbons (Fsp3) is 0. The minimum atomic E-state index is -1.96. The van der Waals surface area contributed by atoms with E-state index in [1.807, 2.05) is 6.08 Å². The topological polar surface area (TPSA) is 0 Å². The summed E-state index contributed by atoms with van der Waals surface area (Å²) in [5, 5.41) is 5.01. The maximum atomic E-state index is 4.41. The Kier molecular flexibility index (Phi) is 4.55. The lowest BCUT2D eigenvalue weighted by Gasteiger charge is -2.27. The number of rotatable bonds is 5. The molecule has 3 aromatic carbocycles. The van der Waals surface area contributed by atoms with Gasteiger partial charge < -0.3 is 0 Å². The normalized spacial score (nSPS) is 11.0. The predicted molar refractivity (Wildman–Crippen MR) is 104 cm³/mol. The molecular formula is C22H20P+. The zero-order valence-electron chi connectivity index (χ0n) is 13.1. The van der Waals surface area contributed by atoms with Crippen molar-refractivity contribution in [3.63, 3.8) is 0 Å². The second-order valence-corrected chi connectivity index (χ2v) is 8.84. The maximum Gasteiger partial charge on any atom is 0.143 e. The monoisotopic (exact) mass is 315 g/mol. The zero-order chi connectivity index (χ0) is 16.1. The largest absolute Gasteiger partial charge is 0.143 e. The molecule has 3 aromatic rings. The van der Waals surface area contributed by atoms with Crippen LogP contribution in [0.1, 0.15) is 0 Å². The molecule has 0 fully saturated rings. The zero-order valence-corrected chi connectivity index (χ0v) is 14.0. The summed E-state index contributed by atoms with van der Waals surface area (Å²) in [6, 6.07) is 32.1. The average molecular weight is 315 g/mol. The van der Waals surface area contributed by atoms with Gasteiger partial charge in [-0.3, -0.25) is 0 Å². The maximum absolute atomic E-state index is 4.41. The van der Waals surface area contributed by atoms with Gasteiger partial charge in [-0.05, 0) is 42.5 Å². The molecule has 0 aliphatic heterocycles. The van der Waals surface area contributed by atoms with E-state index >= 15 is 0 Å². The smallest absolute Gasteiger partial charge is 0.0951 e. The van der Waals surface area contributed by atoms with Crippen molar-refractivity contribution in [1.29, 1.82) is 0 Å². The molecule has 0 N–H and O–H groups in total. The van der Waals surface area contributed by atoms with Gasteiger partial charge in [-0.2, -0.15) is 0 Å². The van der Waals surface area contributed by atoms with E-state index in [1.165, 1.54) is 15.9 Å². The molecule has 3 rings (SSSR count). The van der Waals surface area contributed by atoms with Gasteiger partial charge in [0.1, 0.15) is 28.5 Å². The molecule has 23 heavy (non-hydrogen) atoms. The van der Waals surface area contributed by atoms with Crippen LogP contribution in [0.25, 0.3) is 0 Å². The van der Waals surface area contributed by atoms with Crippen LogP contribution >= 0.6 is 7.26 Å². The van der Waals surface area contributed by atoms with Crippen molar-refractivity contribution < 1.29 is 0 Å². The van der Waals surface area contributed by atoms with Crippen molar-refractivity contribution in [2.75, 3.05) is 0 Å². The fourth-order valence-corrected chi connectivity index (χ4v) is 7.06. The van der Waals surface area contributed by atoms with Crippen LogP contribution in [-0.4, -0.2) is 0 Å². The van der Waals surface area contributed by atoms with Gasteiger partial charge in [-0.1, -0.05) is 67.8 Å². The first kappa shape index (κ1) is 15.5. The first-order chi connectivity index (χ1) is 11.3. The predicted octanol–water partition coefficient (Wildman–Crippen LogP) is 4.68. The van der Waals surface area contributed by atoms with E-state index in [2.05, 4.69) is 104 Å². The van der Waals surface area contributed by atoms with E-state index in [0.717, 1.165) is 5.31 Å². The number of allylic oxidation sites excluding steroid dienone is 2.